The molecule has 2 unspecified atom stereocenters. The average molecular weight is 477 g/mol. The SMILES string of the molecule is Cc1ccc(C)c(Oc2c(C(F)(F)F)oc3c(CN4CC(C)OC(C)C4)c(O)ccc3c2=O)c1. The number of fused-ring (bicyclic) bond motifs is 1. The molecule has 1 fully saturated rings. The Bertz CT molecular complexity index is 1270. The van der Waals surface area contributed by atoms with Crippen molar-refractivity contribution in [2.75, 3.05) is 13.1 Å². The van der Waals surface area contributed by atoms with Crippen LogP contribution in [-0.4, -0.2) is 35.3 Å². The molecule has 34 heavy (non-hydrogen) atoms. The monoisotopic (exact) mass is 477 g/mol. The molecular weight excluding hydrogens is 451 g/mol. The van der Waals surface area contributed by atoms with Crippen molar-refractivity contribution in [2.45, 2.75) is 52.6 Å². The second kappa shape index (κ2) is 8.96. The summed E-state index contributed by atoms with van der Waals surface area (Å²) in [5.74, 6) is -2.59. The molecule has 9 heteroatoms. The topological polar surface area (TPSA) is 72.1 Å². The minimum atomic E-state index is -4.99. The number of alkyl halides is 3. The highest BCUT2D eigenvalue weighted by atomic mass is 19.4. The number of hydrogen-bond acceptors (Lipinski definition) is 6. The second-order valence-electron chi connectivity index (χ2n) is 8.85. The van der Waals surface area contributed by atoms with Crippen LogP contribution in [0.2, 0.25) is 0 Å². The zero-order valence-electron chi connectivity index (χ0n) is 19.3. The van der Waals surface area contributed by atoms with Gasteiger partial charge in [-0.2, -0.15) is 13.2 Å². The standard InChI is InChI=1S/C25H26F3NO5/c1-13-5-6-14(2)20(9-13)33-23-21(31)17-7-8-19(30)18(22(17)34-24(23)25(26,27)28)12-29-10-15(3)32-16(4)11-29/h5-9,15-16,30H,10-12H2,1-4H3. The van der Waals surface area contributed by atoms with E-state index in [1.807, 2.05) is 18.7 Å². The number of phenols is 1. The van der Waals surface area contributed by atoms with E-state index in [4.69, 9.17) is 13.9 Å². The van der Waals surface area contributed by atoms with Crippen LogP contribution in [0.15, 0.2) is 39.5 Å². The maximum atomic E-state index is 14.0. The van der Waals surface area contributed by atoms with Crippen molar-refractivity contribution in [3.05, 3.63) is 63.0 Å². The second-order valence-corrected chi connectivity index (χ2v) is 8.85. The lowest BCUT2D eigenvalue weighted by Crippen LogP contribution is -2.44. The number of halogens is 3. The molecule has 1 N–H and O–H groups in total. The highest BCUT2D eigenvalue weighted by Crippen LogP contribution is 2.40. The van der Waals surface area contributed by atoms with Crippen LogP contribution in [0.25, 0.3) is 11.0 Å². The molecule has 0 saturated carbocycles. The molecule has 0 spiro atoms. The van der Waals surface area contributed by atoms with E-state index >= 15 is 0 Å². The number of morpholine rings is 1. The van der Waals surface area contributed by atoms with Gasteiger partial charge in [-0.05, 0) is 57.0 Å². The Balaban J connectivity index is 1.87. The predicted molar refractivity (Wildman–Crippen MR) is 120 cm³/mol. The van der Waals surface area contributed by atoms with Gasteiger partial charge in [-0.3, -0.25) is 9.69 Å². The molecule has 1 aliphatic rings. The summed E-state index contributed by atoms with van der Waals surface area (Å²) in [6.07, 6.45) is -5.17. The number of nitrogens with zero attached hydrogens (tertiary/aromatic N) is 1. The summed E-state index contributed by atoms with van der Waals surface area (Å²) >= 11 is 0. The molecule has 3 aromatic rings. The largest absolute Gasteiger partial charge is 0.507 e. The van der Waals surface area contributed by atoms with E-state index in [1.165, 1.54) is 12.1 Å². The zero-order valence-corrected chi connectivity index (χ0v) is 19.3. The number of phenolic OH excluding ortho intramolecular Hbond substituents is 1. The van der Waals surface area contributed by atoms with Crippen molar-refractivity contribution >= 4 is 11.0 Å². The van der Waals surface area contributed by atoms with E-state index < -0.39 is 23.1 Å². The maximum absolute atomic E-state index is 14.0. The van der Waals surface area contributed by atoms with E-state index in [9.17, 15) is 23.1 Å². The van der Waals surface area contributed by atoms with Crippen molar-refractivity contribution in [3.63, 3.8) is 0 Å². The molecule has 2 aromatic carbocycles. The van der Waals surface area contributed by atoms with Gasteiger partial charge in [0.25, 0.3) is 5.76 Å². The van der Waals surface area contributed by atoms with Crippen LogP contribution in [0.4, 0.5) is 13.2 Å². The minimum absolute atomic E-state index is 0.0869. The Kier molecular flexibility index (Phi) is 6.35. The summed E-state index contributed by atoms with van der Waals surface area (Å²) in [6.45, 7) is 8.36. The quantitative estimate of drug-likeness (QED) is 0.532. The molecule has 0 radical (unpaired) electrons. The van der Waals surface area contributed by atoms with Gasteiger partial charge >= 0.3 is 6.18 Å². The lowest BCUT2D eigenvalue weighted by molar-refractivity contribution is -0.154. The van der Waals surface area contributed by atoms with Crippen molar-refractivity contribution in [2.24, 2.45) is 0 Å². The van der Waals surface area contributed by atoms with Gasteiger partial charge in [-0.25, -0.2) is 0 Å². The fourth-order valence-corrected chi connectivity index (χ4v) is 4.28. The van der Waals surface area contributed by atoms with E-state index in [1.54, 1.807) is 32.0 Å². The summed E-state index contributed by atoms with van der Waals surface area (Å²) in [7, 11) is 0. The van der Waals surface area contributed by atoms with Gasteiger partial charge < -0.3 is 19.0 Å². The lowest BCUT2D eigenvalue weighted by Gasteiger charge is -2.35. The molecule has 1 aliphatic heterocycles. The molecule has 2 atom stereocenters. The molecule has 182 valence electrons. The van der Waals surface area contributed by atoms with E-state index in [0.717, 1.165) is 5.56 Å². The molecule has 0 amide bonds. The van der Waals surface area contributed by atoms with Crippen molar-refractivity contribution in [3.8, 4) is 17.2 Å². The van der Waals surface area contributed by atoms with E-state index in [2.05, 4.69) is 0 Å². The van der Waals surface area contributed by atoms with Crippen LogP contribution in [0.3, 0.4) is 0 Å². The van der Waals surface area contributed by atoms with Crippen LogP contribution < -0.4 is 10.2 Å². The predicted octanol–water partition coefficient (Wildman–Crippen LogP) is 5.54. The fraction of sp³-hybridized carbons (Fsp3) is 0.400. The highest BCUT2D eigenvalue weighted by Gasteiger charge is 2.41. The van der Waals surface area contributed by atoms with Gasteiger partial charge in [0.2, 0.25) is 11.2 Å². The van der Waals surface area contributed by atoms with Crippen molar-refractivity contribution < 1.29 is 32.2 Å². The fourth-order valence-electron chi connectivity index (χ4n) is 4.28. The Morgan fingerprint density at radius 2 is 1.79 bits per heavy atom. The Labute approximate surface area is 194 Å². The first-order chi connectivity index (χ1) is 15.9. The molecular formula is C25H26F3NO5. The Morgan fingerprint density at radius 3 is 2.44 bits per heavy atom. The minimum Gasteiger partial charge on any atom is -0.507 e. The maximum Gasteiger partial charge on any atom is 0.453 e. The van der Waals surface area contributed by atoms with Gasteiger partial charge in [-0.1, -0.05) is 12.1 Å². The number of ether oxygens (including phenoxy) is 2. The van der Waals surface area contributed by atoms with Gasteiger partial charge in [0, 0.05) is 19.6 Å². The van der Waals surface area contributed by atoms with Crippen molar-refractivity contribution in [1.82, 2.24) is 4.90 Å². The lowest BCUT2D eigenvalue weighted by atomic mass is 10.1. The summed E-state index contributed by atoms with van der Waals surface area (Å²) in [4.78, 5) is 15.2. The third-order valence-electron chi connectivity index (χ3n) is 5.79. The molecule has 1 aromatic heterocycles. The molecule has 1 saturated heterocycles. The summed E-state index contributed by atoms with van der Waals surface area (Å²) in [5.41, 5.74) is 0.178. The Morgan fingerprint density at radius 1 is 1.12 bits per heavy atom. The zero-order chi connectivity index (χ0) is 24.8. The van der Waals surface area contributed by atoms with E-state index in [-0.39, 0.29) is 46.8 Å². The molecule has 0 bridgehead atoms. The Hall–Kier alpha value is -3.04. The smallest absolute Gasteiger partial charge is 0.453 e. The normalized spacial score (nSPS) is 19.5. The van der Waals surface area contributed by atoms with Crippen LogP contribution in [0.5, 0.6) is 17.2 Å². The van der Waals surface area contributed by atoms with Crippen LogP contribution >= 0.6 is 0 Å². The molecule has 6 nitrogen and oxygen atoms in total. The number of hydrogen-bond donors (Lipinski definition) is 1. The number of benzene rings is 2. The van der Waals surface area contributed by atoms with Crippen LogP contribution in [0, 0.1) is 13.8 Å². The number of aromatic hydroxyl groups is 1. The molecule has 4 rings (SSSR count). The number of rotatable bonds is 4. The molecule has 2 heterocycles. The summed E-state index contributed by atoms with van der Waals surface area (Å²) in [5, 5.41) is 10.4. The van der Waals surface area contributed by atoms with Crippen LogP contribution in [-0.2, 0) is 17.5 Å². The highest BCUT2D eigenvalue weighted by molar-refractivity contribution is 5.83. The summed E-state index contributed by atoms with van der Waals surface area (Å²) < 4.78 is 58.6. The van der Waals surface area contributed by atoms with E-state index in [0.29, 0.717) is 18.7 Å². The third kappa shape index (κ3) is 4.76. The summed E-state index contributed by atoms with van der Waals surface area (Å²) in [6, 6.07) is 7.58. The van der Waals surface area contributed by atoms with Crippen molar-refractivity contribution in [1.29, 1.82) is 0 Å². The van der Waals surface area contributed by atoms with Gasteiger partial charge in [0.15, 0.2) is 0 Å². The average Bonchev–Trinajstić information content (AvgIpc) is 2.73. The van der Waals surface area contributed by atoms with Gasteiger partial charge in [0.05, 0.1) is 23.2 Å². The first kappa shape index (κ1) is 24.1. The number of aryl methyl sites for hydroxylation is 2. The van der Waals surface area contributed by atoms with Crippen LogP contribution in [0.1, 0.15) is 36.3 Å². The van der Waals surface area contributed by atoms with Gasteiger partial charge in [-0.15, -0.1) is 0 Å². The molecule has 0 aliphatic carbocycles. The first-order valence-electron chi connectivity index (χ1n) is 11.0. The third-order valence-corrected chi connectivity index (χ3v) is 5.79. The van der Waals surface area contributed by atoms with Gasteiger partial charge in [0.1, 0.15) is 17.1 Å². The first-order valence-corrected chi connectivity index (χ1v) is 11.0.